The Bertz CT molecular complexity index is 1260. The Morgan fingerprint density at radius 2 is 2.00 bits per heavy atom. The van der Waals surface area contributed by atoms with Gasteiger partial charge in [-0.2, -0.15) is 0 Å². The van der Waals surface area contributed by atoms with Gasteiger partial charge in [0.2, 0.25) is 5.91 Å². The first-order chi connectivity index (χ1) is 15.0. The van der Waals surface area contributed by atoms with Gasteiger partial charge in [0.05, 0.1) is 24.5 Å². The van der Waals surface area contributed by atoms with Gasteiger partial charge in [0.1, 0.15) is 11.5 Å². The zero-order chi connectivity index (χ0) is 21.6. The van der Waals surface area contributed by atoms with Gasteiger partial charge >= 0.3 is 0 Å². The third-order valence-electron chi connectivity index (χ3n) is 6.35. The molecule has 31 heavy (non-hydrogen) atoms. The van der Waals surface area contributed by atoms with Gasteiger partial charge in [-0.1, -0.05) is 18.6 Å². The first-order valence-electron chi connectivity index (χ1n) is 10.5. The Hall–Kier alpha value is -3.00. The van der Waals surface area contributed by atoms with Crippen LogP contribution in [0.4, 0.5) is 0 Å². The fourth-order valence-electron chi connectivity index (χ4n) is 4.54. The highest BCUT2D eigenvalue weighted by atomic mass is 32.2. The number of aromatic nitrogens is 1. The number of carbonyl (C=O) groups excluding carboxylic acids is 1. The van der Waals surface area contributed by atoms with E-state index < -0.39 is 21.8 Å². The first-order valence-corrected chi connectivity index (χ1v) is 11.9. The quantitative estimate of drug-likeness (QED) is 0.629. The minimum atomic E-state index is -4.05. The summed E-state index contributed by atoms with van der Waals surface area (Å²) in [5.74, 6) is 0.403. The van der Waals surface area contributed by atoms with Crippen molar-refractivity contribution in [2.24, 2.45) is 0 Å². The lowest BCUT2D eigenvalue weighted by atomic mass is 9.77. The molecule has 0 bridgehead atoms. The number of amides is 1. The van der Waals surface area contributed by atoms with E-state index in [9.17, 15) is 13.2 Å². The highest BCUT2D eigenvalue weighted by molar-refractivity contribution is 7.90. The van der Waals surface area contributed by atoms with Crippen molar-refractivity contribution in [1.82, 2.24) is 9.71 Å². The number of rotatable bonds is 5. The zero-order valence-electron chi connectivity index (χ0n) is 17.2. The molecule has 3 aromatic rings. The second-order valence-electron chi connectivity index (χ2n) is 8.08. The molecule has 1 saturated carbocycles. The van der Waals surface area contributed by atoms with Crippen LogP contribution in [0.1, 0.15) is 48.6 Å². The fraction of sp³-hybridized carbons (Fsp3) is 0.348. The van der Waals surface area contributed by atoms with E-state index in [1.807, 2.05) is 12.1 Å². The molecule has 0 unspecified atom stereocenters. The van der Waals surface area contributed by atoms with Gasteiger partial charge in [-0.05, 0) is 55.0 Å². The number of ether oxygens (including phenoxy) is 2. The predicted octanol–water partition coefficient (Wildman–Crippen LogP) is 3.82. The lowest BCUT2D eigenvalue weighted by Gasteiger charge is -2.33. The molecule has 162 valence electrons. The molecule has 2 N–H and O–H groups in total. The van der Waals surface area contributed by atoms with Gasteiger partial charge in [-0.25, -0.2) is 13.1 Å². The Balaban J connectivity index is 1.50. The molecule has 7 nitrogen and oxygen atoms in total. The third-order valence-corrected chi connectivity index (χ3v) is 7.75. The van der Waals surface area contributed by atoms with Crippen LogP contribution in [0.15, 0.2) is 47.5 Å². The molecular formula is C23H24N2O5S. The number of hydrogen-bond donors (Lipinski definition) is 2. The van der Waals surface area contributed by atoms with Crippen molar-refractivity contribution in [1.29, 1.82) is 0 Å². The number of hydrogen-bond acceptors (Lipinski definition) is 5. The van der Waals surface area contributed by atoms with Crippen molar-refractivity contribution in [3.63, 3.8) is 0 Å². The SMILES string of the molecule is COc1ccc(C2CCC2)c2c1[C@@H](C(=O)NS(=O)(=O)c1cccc3[nH]ccc13)CCO2. The van der Waals surface area contributed by atoms with E-state index in [0.29, 0.717) is 46.9 Å². The van der Waals surface area contributed by atoms with E-state index in [2.05, 4.69) is 9.71 Å². The number of sulfonamides is 1. The largest absolute Gasteiger partial charge is 0.496 e. The third kappa shape index (κ3) is 3.35. The van der Waals surface area contributed by atoms with Gasteiger partial charge in [-0.15, -0.1) is 0 Å². The van der Waals surface area contributed by atoms with Crippen LogP contribution in [-0.2, 0) is 14.8 Å². The monoisotopic (exact) mass is 440 g/mol. The van der Waals surface area contributed by atoms with Crippen LogP contribution < -0.4 is 14.2 Å². The van der Waals surface area contributed by atoms with Crippen molar-refractivity contribution in [3.8, 4) is 11.5 Å². The highest BCUT2D eigenvalue weighted by Gasteiger charge is 2.37. The number of methoxy groups -OCH3 is 1. The topological polar surface area (TPSA) is 97.5 Å². The molecule has 1 aromatic heterocycles. The molecule has 0 radical (unpaired) electrons. The Morgan fingerprint density at radius 1 is 1.16 bits per heavy atom. The van der Waals surface area contributed by atoms with Crippen LogP contribution in [0.25, 0.3) is 10.9 Å². The molecule has 2 heterocycles. The summed E-state index contributed by atoms with van der Waals surface area (Å²) in [5.41, 5.74) is 2.42. The molecule has 8 heteroatoms. The van der Waals surface area contributed by atoms with Crippen LogP contribution in [0, 0.1) is 0 Å². The van der Waals surface area contributed by atoms with E-state index in [4.69, 9.17) is 9.47 Å². The predicted molar refractivity (Wildman–Crippen MR) is 116 cm³/mol. The summed E-state index contributed by atoms with van der Waals surface area (Å²) >= 11 is 0. The molecule has 1 fully saturated rings. The number of nitrogens with one attached hydrogen (secondary N) is 2. The number of aromatic amines is 1. The van der Waals surface area contributed by atoms with Gasteiger partial charge in [0, 0.05) is 22.7 Å². The molecule has 2 aromatic carbocycles. The summed E-state index contributed by atoms with van der Waals surface area (Å²) in [4.78, 5) is 16.3. The Labute approximate surface area is 180 Å². The zero-order valence-corrected chi connectivity index (χ0v) is 18.0. The molecule has 0 saturated heterocycles. The van der Waals surface area contributed by atoms with Crippen molar-refractivity contribution in [3.05, 3.63) is 53.7 Å². The summed E-state index contributed by atoms with van der Waals surface area (Å²) < 4.78 is 40.0. The van der Waals surface area contributed by atoms with Crippen molar-refractivity contribution in [2.75, 3.05) is 13.7 Å². The maximum atomic E-state index is 13.2. The van der Waals surface area contributed by atoms with E-state index in [-0.39, 0.29) is 4.90 Å². The van der Waals surface area contributed by atoms with Crippen LogP contribution in [0.2, 0.25) is 0 Å². The second-order valence-corrected chi connectivity index (χ2v) is 9.73. The van der Waals surface area contributed by atoms with Crippen molar-refractivity contribution < 1.29 is 22.7 Å². The van der Waals surface area contributed by atoms with Crippen molar-refractivity contribution in [2.45, 2.75) is 42.4 Å². The minimum absolute atomic E-state index is 0.0714. The molecule has 1 aliphatic carbocycles. The fourth-order valence-corrected chi connectivity index (χ4v) is 5.79. The minimum Gasteiger partial charge on any atom is -0.496 e. The van der Waals surface area contributed by atoms with Crippen molar-refractivity contribution >= 4 is 26.8 Å². The standard InChI is InChI=1S/C23H24N2O5S/c1-29-19-9-8-15(14-4-2-5-14)22-21(19)17(11-13-30-22)23(26)25-31(27,28)20-7-3-6-18-16(20)10-12-24-18/h3,6-10,12,14,17,24H,2,4-5,11,13H2,1H3,(H,25,26)/t17-/m0/s1. The molecule has 0 spiro atoms. The molecule has 5 rings (SSSR count). The first kappa shape index (κ1) is 19.9. The molecule has 1 amide bonds. The van der Waals surface area contributed by atoms with Gasteiger partial charge in [0.25, 0.3) is 10.0 Å². The van der Waals surface area contributed by atoms with E-state index in [1.165, 1.54) is 12.5 Å². The number of benzene rings is 2. The Kier molecular flexibility index (Phi) is 4.89. The van der Waals surface area contributed by atoms with E-state index in [0.717, 1.165) is 18.4 Å². The summed E-state index contributed by atoms with van der Waals surface area (Å²) in [6.45, 7) is 0.353. The summed E-state index contributed by atoms with van der Waals surface area (Å²) in [6.07, 6.45) is 5.42. The van der Waals surface area contributed by atoms with Gasteiger partial charge < -0.3 is 14.5 Å². The summed E-state index contributed by atoms with van der Waals surface area (Å²) in [7, 11) is -2.50. The van der Waals surface area contributed by atoms with Gasteiger partial charge in [0.15, 0.2) is 0 Å². The van der Waals surface area contributed by atoms with Crippen LogP contribution >= 0.6 is 0 Å². The molecular weight excluding hydrogens is 416 g/mol. The second kappa shape index (κ2) is 7.60. The molecule has 1 atom stereocenters. The molecule has 1 aliphatic heterocycles. The van der Waals surface area contributed by atoms with Gasteiger partial charge in [-0.3, -0.25) is 4.79 Å². The van der Waals surface area contributed by atoms with E-state index in [1.54, 1.807) is 31.5 Å². The molecule has 2 aliphatic rings. The van der Waals surface area contributed by atoms with Crippen LogP contribution in [0.5, 0.6) is 11.5 Å². The lowest BCUT2D eigenvalue weighted by molar-refractivity contribution is -0.121. The number of carbonyl (C=O) groups is 1. The Morgan fingerprint density at radius 3 is 2.74 bits per heavy atom. The summed E-state index contributed by atoms with van der Waals surface area (Å²) in [5, 5.41) is 0.542. The number of fused-ring (bicyclic) bond motifs is 2. The van der Waals surface area contributed by atoms with Crippen LogP contribution in [-0.4, -0.2) is 33.0 Å². The smallest absolute Gasteiger partial charge is 0.264 e. The summed E-state index contributed by atoms with van der Waals surface area (Å²) in [6, 6.07) is 10.5. The van der Waals surface area contributed by atoms with E-state index >= 15 is 0 Å². The normalized spacial score (nSPS) is 18.7. The average Bonchev–Trinajstić information content (AvgIpc) is 3.20. The maximum absolute atomic E-state index is 13.2. The average molecular weight is 441 g/mol. The highest BCUT2D eigenvalue weighted by Crippen LogP contribution is 2.49. The van der Waals surface area contributed by atoms with Crippen LogP contribution in [0.3, 0.4) is 0 Å². The maximum Gasteiger partial charge on any atom is 0.264 e. The number of H-pyrrole nitrogens is 1. The lowest BCUT2D eigenvalue weighted by Crippen LogP contribution is -2.37.